The normalized spacial score (nSPS) is 11.4. The largest absolute Gasteiger partial charge is 0.497 e. The lowest BCUT2D eigenvalue weighted by molar-refractivity contribution is -0.127. The van der Waals surface area contributed by atoms with Crippen molar-refractivity contribution in [1.29, 1.82) is 0 Å². The molecule has 28 heavy (non-hydrogen) atoms. The van der Waals surface area contributed by atoms with E-state index < -0.39 is 6.10 Å². The number of methoxy groups -OCH3 is 1. The van der Waals surface area contributed by atoms with Gasteiger partial charge in [0.2, 0.25) is 5.88 Å². The maximum Gasteiger partial charge on any atom is 0.261 e. The summed E-state index contributed by atoms with van der Waals surface area (Å²) in [5.74, 6) is 2.28. The zero-order valence-electron chi connectivity index (χ0n) is 15.8. The molecule has 144 valence electrons. The summed E-state index contributed by atoms with van der Waals surface area (Å²) in [5.41, 5.74) is 0.859. The fraction of sp³-hybridized carbons (Fsp3) is 0.182. The first-order chi connectivity index (χ1) is 13.6. The number of hydrogen-bond donors (Lipinski definition) is 1. The molecule has 1 aromatic heterocycles. The predicted octanol–water partition coefficient (Wildman–Crippen LogP) is 3.97. The lowest BCUT2D eigenvalue weighted by Gasteiger charge is -2.14. The lowest BCUT2D eigenvalue weighted by Crippen LogP contribution is -2.35. The van der Waals surface area contributed by atoms with Crippen LogP contribution in [-0.4, -0.2) is 24.1 Å². The van der Waals surface area contributed by atoms with Gasteiger partial charge >= 0.3 is 0 Å². The van der Waals surface area contributed by atoms with Crippen molar-refractivity contribution in [2.24, 2.45) is 0 Å². The summed E-state index contributed by atoms with van der Waals surface area (Å²) < 4.78 is 16.5. The van der Waals surface area contributed by atoms with Crippen LogP contribution in [0.3, 0.4) is 0 Å². The highest BCUT2D eigenvalue weighted by Gasteiger charge is 2.14. The van der Waals surface area contributed by atoms with Crippen LogP contribution in [0, 0.1) is 0 Å². The van der Waals surface area contributed by atoms with E-state index in [1.165, 1.54) is 0 Å². The molecule has 0 aliphatic rings. The van der Waals surface area contributed by atoms with E-state index in [1.807, 2.05) is 54.6 Å². The molecule has 2 aromatic carbocycles. The molecule has 6 nitrogen and oxygen atoms in total. The molecule has 0 saturated carbocycles. The number of aromatic nitrogens is 1. The number of hydrogen-bond acceptors (Lipinski definition) is 5. The molecule has 1 N–H and O–H groups in total. The Morgan fingerprint density at radius 1 is 1.00 bits per heavy atom. The van der Waals surface area contributed by atoms with Gasteiger partial charge in [-0.3, -0.25) is 4.79 Å². The molecular weight excluding hydrogens is 356 g/mol. The highest BCUT2D eigenvalue weighted by atomic mass is 16.5. The number of ether oxygens (including phenoxy) is 3. The second-order valence-electron chi connectivity index (χ2n) is 6.08. The first kappa shape index (κ1) is 19.2. The van der Waals surface area contributed by atoms with E-state index in [-0.39, 0.29) is 5.91 Å². The highest BCUT2D eigenvalue weighted by molar-refractivity contribution is 5.80. The standard InChI is InChI=1S/C22H22N2O4/c1-16(27-18-7-4-3-5-8-18)22(25)24-15-17-11-12-21(23-14-17)28-20-10-6-9-19(13-20)26-2/h3-14,16H,15H2,1-2H3,(H,24,25). The Hall–Kier alpha value is -3.54. The molecule has 0 spiro atoms. The zero-order valence-corrected chi connectivity index (χ0v) is 15.8. The number of carbonyl (C=O) groups excluding carboxylic acids is 1. The van der Waals surface area contributed by atoms with Crippen LogP contribution in [-0.2, 0) is 11.3 Å². The van der Waals surface area contributed by atoms with E-state index in [2.05, 4.69) is 10.3 Å². The highest BCUT2D eigenvalue weighted by Crippen LogP contribution is 2.23. The van der Waals surface area contributed by atoms with Gasteiger partial charge in [0.05, 0.1) is 7.11 Å². The third-order valence-corrected chi connectivity index (χ3v) is 3.95. The Bertz CT molecular complexity index is 898. The van der Waals surface area contributed by atoms with Gasteiger partial charge in [0.25, 0.3) is 5.91 Å². The fourth-order valence-corrected chi connectivity index (χ4v) is 2.45. The van der Waals surface area contributed by atoms with Gasteiger partial charge in [0.1, 0.15) is 17.2 Å². The average molecular weight is 378 g/mol. The van der Waals surface area contributed by atoms with Crippen molar-refractivity contribution in [1.82, 2.24) is 10.3 Å². The number of para-hydroxylation sites is 1. The molecular formula is C22H22N2O4. The van der Waals surface area contributed by atoms with Gasteiger partial charge in [-0.15, -0.1) is 0 Å². The van der Waals surface area contributed by atoms with Crippen molar-refractivity contribution < 1.29 is 19.0 Å². The van der Waals surface area contributed by atoms with Crippen molar-refractivity contribution in [3.8, 4) is 23.1 Å². The van der Waals surface area contributed by atoms with Crippen molar-refractivity contribution in [3.63, 3.8) is 0 Å². The molecule has 1 unspecified atom stereocenters. The third-order valence-electron chi connectivity index (χ3n) is 3.95. The van der Waals surface area contributed by atoms with Crippen molar-refractivity contribution in [2.45, 2.75) is 19.6 Å². The van der Waals surface area contributed by atoms with E-state index in [9.17, 15) is 4.79 Å². The van der Waals surface area contributed by atoms with Gasteiger partial charge in [0, 0.05) is 24.9 Å². The molecule has 1 atom stereocenters. The van der Waals surface area contributed by atoms with Crippen LogP contribution in [0.4, 0.5) is 0 Å². The maximum atomic E-state index is 12.2. The Kier molecular flexibility index (Phi) is 6.46. The van der Waals surface area contributed by atoms with Crippen LogP contribution >= 0.6 is 0 Å². The molecule has 3 rings (SSSR count). The van der Waals surface area contributed by atoms with Gasteiger partial charge in [-0.1, -0.05) is 30.3 Å². The number of amides is 1. The minimum Gasteiger partial charge on any atom is -0.497 e. The smallest absolute Gasteiger partial charge is 0.261 e. The average Bonchev–Trinajstić information content (AvgIpc) is 2.74. The predicted molar refractivity (Wildman–Crippen MR) is 106 cm³/mol. The van der Waals surface area contributed by atoms with Gasteiger partial charge in [-0.2, -0.15) is 0 Å². The monoisotopic (exact) mass is 378 g/mol. The summed E-state index contributed by atoms with van der Waals surface area (Å²) >= 11 is 0. The molecule has 1 heterocycles. The van der Waals surface area contributed by atoms with Gasteiger partial charge in [0.15, 0.2) is 6.10 Å². The lowest BCUT2D eigenvalue weighted by atomic mass is 10.2. The molecule has 0 saturated heterocycles. The first-order valence-corrected chi connectivity index (χ1v) is 8.90. The van der Waals surface area contributed by atoms with E-state index in [1.54, 1.807) is 32.4 Å². The molecule has 0 bridgehead atoms. The van der Waals surface area contributed by atoms with Crippen molar-refractivity contribution in [3.05, 3.63) is 78.5 Å². The summed E-state index contributed by atoms with van der Waals surface area (Å²) in [6.45, 7) is 2.07. The van der Waals surface area contributed by atoms with E-state index in [0.717, 1.165) is 5.56 Å². The summed E-state index contributed by atoms with van der Waals surface area (Å²) in [5, 5.41) is 2.84. The zero-order chi connectivity index (χ0) is 19.8. The van der Waals surface area contributed by atoms with Gasteiger partial charge < -0.3 is 19.5 Å². The molecule has 0 fully saturated rings. The minimum atomic E-state index is -0.592. The van der Waals surface area contributed by atoms with E-state index in [0.29, 0.717) is 29.7 Å². The van der Waals surface area contributed by atoms with Gasteiger partial charge in [-0.05, 0) is 36.8 Å². The molecule has 6 heteroatoms. The van der Waals surface area contributed by atoms with Crippen LogP contribution < -0.4 is 19.5 Å². The van der Waals surface area contributed by atoms with Crippen LogP contribution in [0.1, 0.15) is 12.5 Å². The second kappa shape index (κ2) is 9.41. The summed E-state index contributed by atoms with van der Waals surface area (Å²) in [6, 6.07) is 20.1. The molecule has 3 aromatic rings. The SMILES string of the molecule is COc1cccc(Oc2ccc(CNC(=O)C(C)Oc3ccccc3)cn2)c1. The van der Waals surface area contributed by atoms with Gasteiger partial charge in [-0.25, -0.2) is 4.98 Å². The summed E-state index contributed by atoms with van der Waals surface area (Å²) in [6.07, 6.45) is 1.07. The van der Waals surface area contributed by atoms with E-state index in [4.69, 9.17) is 14.2 Å². The van der Waals surface area contributed by atoms with Crippen LogP contribution in [0.5, 0.6) is 23.1 Å². The molecule has 0 aliphatic heterocycles. The topological polar surface area (TPSA) is 69.7 Å². The Balaban J connectivity index is 1.50. The third kappa shape index (κ3) is 5.48. The van der Waals surface area contributed by atoms with Crippen molar-refractivity contribution >= 4 is 5.91 Å². The Morgan fingerprint density at radius 3 is 2.46 bits per heavy atom. The van der Waals surface area contributed by atoms with E-state index >= 15 is 0 Å². The number of rotatable bonds is 8. The Labute approximate surface area is 164 Å². The summed E-state index contributed by atoms with van der Waals surface area (Å²) in [7, 11) is 1.60. The first-order valence-electron chi connectivity index (χ1n) is 8.90. The van der Waals surface area contributed by atoms with Crippen LogP contribution in [0.25, 0.3) is 0 Å². The maximum absolute atomic E-state index is 12.2. The Morgan fingerprint density at radius 2 is 1.75 bits per heavy atom. The number of nitrogens with zero attached hydrogens (tertiary/aromatic N) is 1. The molecule has 0 radical (unpaired) electrons. The number of nitrogens with one attached hydrogen (secondary N) is 1. The van der Waals surface area contributed by atoms with Crippen LogP contribution in [0.15, 0.2) is 72.9 Å². The number of benzene rings is 2. The quantitative estimate of drug-likeness (QED) is 0.642. The van der Waals surface area contributed by atoms with Crippen LogP contribution in [0.2, 0.25) is 0 Å². The number of pyridine rings is 1. The number of carbonyl (C=O) groups is 1. The molecule has 1 amide bonds. The van der Waals surface area contributed by atoms with Crippen molar-refractivity contribution in [2.75, 3.05) is 7.11 Å². The second-order valence-corrected chi connectivity index (χ2v) is 6.08. The molecule has 0 aliphatic carbocycles. The fourth-order valence-electron chi connectivity index (χ4n) is 2.45. The summed E-state index contributed by atoms with van der Waals surface area (Å²) in [4.78, 5) is 16.5. The minimum absolute atomic E-state index is 0.194.